The van der Waals surface area contributed by atoms with Gasteiger partial charge in [0.25, 0.3) is 0 Å². The van der Waals surface area contributed by atoms with E-state index in [9.17, 15) is 0 Å². The summed E-state index contributed by atoms with van der Waals surface area (Å²) in [5.74, 6) is 0.965. The lowest BCUT2D eigenvalue weighted by atomic mass is 9.85. The van der Waals surface area contributed by atoms with Crippen LogP contribution < -0.4 is 5.32 Å². The quantitative estimate of drug-likeness (QED) is 0.851. The standard InChI is InChI=1S/C16H28N2S/c1-16(2,3)17-10-14-8-9-15(19-14)12-18(4)11-13-6-5-7-13/h8-9,13,17H,5-7,10-12H2,1-4H3. The molecule has 0 saturated heterocycles. The van der Waals surface area contributed by atoms with Crippen LogP contribution in [0.3, 0.4) is 0 Å². The molecule has 0 spiro atoms. The molecular weight excluding hydrogens is 252 g/mol. The number of hydrogen-bond acceptors (Lipinski definition) is 3. The highest BCUT2D eigenvalue weighted by Gasteiger charge is 2.19. The van der Waals surface area contributed by atoms with E-state index in [1.54, 1.807) is 0 Å². The van der Waals surface area contributed by atoms with Gasteiger partial charge in [0, 0.05) is 34.9 Å². The zero-order chi connectivity index (χ0) is 13.9. The van der Waals surface area contributed by atoms with Gasteiger partial charge in [-0.1, -0.05) is 6.42 Å². The predicted octanol–water partition coefficient (Wildman–Crippen LogP) is 3.87. The van der Waals surface area contributed by atoms with Crippen LogP contribution in [0.15, 0.2) is 12.1 Å². The SMILES string of the molecule is CN(Cc1ccc(CNC(C)(C)C)s1)CC1CCC1. The molecule has 1 saturated carbocycles. The van der Waals surface area contributed by atoms with Crippen LogP contribution >= 0.6 is 11.3 Å². The fourth-order valence-corrected chi connectivity index (χ4v) is 3.44. The summed E-state index contributed by atoms with van der Waals surface area (Å²) in [6.45, 7) is 10.0. The smallest absolute Gasteiger partial charge is 0.0325 e. The second-order valence-corrected chi connectivity index (χ2v) is 8.22. The third kappa shape index (κ3) is 5.25. The molecule has 1 aromatic rings. The van der Waals surface area contributed by atoms with Crippen LogP contribution in [0.4, 0.5) is 0 Å². The molecule has 0 aliphatic heterocycles. The molecule has 108 valence electrons. The highest BCUT2D eigenvalue weighted by atomic mass is 32.1. The highest BCUT2D eigenvalue weighted by molar-refractivity contribution is 7.11. The summed E-state index contributed by atoms with van der Waals surface area (Å²) in [5.41, 5.74) is 0.200. The van der Waals surface area contributed by atoms with Crippen LogP contribution in [0.25, 0.3) is 0 Å². The topological polar surface area (TPSA) is 15.3 Å². The van der Waals surface area contributed by atoms with E-state index in [0.29, 0.717) is 0 Å². The van der Waals surface area contributed by atoms with Gasteiger partial charge < -0.3 is 10.2 Å². The van der Waals surface area contributed by atoms with E-state index >= 15 is 0 Å². The zero-order valence-corrected chi connectivity index (χ0v) is 13.6. The normalized spacial score (nSPS) is 16.9. The van der Waals surface area contributed by atoms with Crippen LogP contribution in [0.5, 0.6) is 0 Å². The van der Waals surface area contributed by atoms with E-state index in [-0.39, 0.29) is 5.54 Å². The van der Waals surface area contributed by atoms with Crippen molar-refractivity contribution < 1.29 is 0 Å². The first-order valence-electron chi connectivity index (χ1n) is 7.43. The van der Waals surface area contributed by atoms with Gasteiger partial charge in [-0.05, 0) is 58.7 Å². The Bertz CT molecular complexity index is 388. The minimum absolute atomic E-state index is 0.200. The Morgan fingerprint density at radius 1 is 1.26 bits per heavy atom. The molecule has 0 atom stereocenters. The van der Waals surface area contributed by atoms with Crippen molar-refractivity contribution in [2.24, 2.45) is 5.92 Å². The molecular formula is C16H28N2S. The second-order valence-electron chi connectivity index (χ2n) is 6.97. The van der Waals surface area contributed by atoms with Gasteiger partial charge in [-0.15, -0.1) is 11.3 Å². The third-order valence-electron chi connectivity index (χ3n) is 3.73. The van der Waals surface area contributed by atoms with Gasteiger partial charge in [0.2, 0.25) is 0 Å². The van der Waals surface area contributed by atoms with Crippen molar-refractivity contribution in [1.29, 1.82) is 0 Å². The van der Waals surface area contributed by atoms with Gasteiger partial charge in [0.1, 0.15) is 0 Å². The van der Waals surface area contributed by atoms with Crippen molar-refractivity contribution in [2.45, 2.75) is 58.7 Å². The minimum atomic E-state index is 0.200. The summed E-state index contributed by atoms with van der Waals surface area (Å²) in [6.07, 6.45) is 4.32. The van der Waals surface area contributed by atoms with E-state index in [0.717, 1.165) is 19.0 Å². The fraction of sp³-hybridized carbons (Fsp3) is 0.750. The molecule has 2 rings (SSSR count). The lowest BCUT2D eigenvalue weighted by Crippen LogP contribution is -2.34. The molecule has 0 unspecified atom stereocenters. The maximum atomic E-state index is 3.55. The predicted molar refractivity (Wildman–Crippen MR) is 84.6 cm³/mol. The summed E-state index contributed by atoms with van der Waals surface area (Å²) < 4.78 is 0. The molecule has 1 N–H and O–H groups in total. The summed E-state index contributed by atoms with van der Waals surface area (Å²) in [4.78, 5) is 5.42. The maximum Gasteiger partial charge on any atom is 0.0325 e. The monoisotopic (exact) mass is 280 g/mol. The van der Waals surface area contributed by atoms with Crippen LogP contribution in [0.1, 0.15) is 49.8 Å². The van der Waals surface area contributed by atoms with Crippen LogP contribution in [0, 0.1) is 5.92 Å². The summed E-state index contributed by atoms with van der Waals surface area (Å²) in [5, 5.41) is 3.55. The largest absolute Gasteiger partial charge is 0.307 e. The van der Waals surface area contributed by atoms with Crippen LogP contribution in [0.2, 0.25) is 0 Å². The van der Waals surface area contributed by atoms with Crippen molar-refractivity contribution >= 4 is 11.3 Å². The molecule has 19 heavy (non-hydrogen) atoms. The van der Waals surface area contributed by atoms with Crippen LogP contribution in [-0.4, -0.2) is 24.0 Å². The number of nitrogens with zero attached hydrogens (tertiary/aromatic N) is 1. The first kappa shape index (κ1) is 15.0. The Labute approximate surface area is 122 Å². The van der Waals surface area contributed by atoms with Gasteiger partial charge in [-0.3, -0.25) is 0 Å². The molecule has 1 aliphatic rings. The summed E-state index contributed by atoms with van der Waals surface area (Å²) in [7, 11) is 2.26. The zero-order valence-electron chi connectivity index (χ0n) is 12.8. The first-order chi connectivity index (χ1) is 8.92. The molecule has 0 aromatic carbocycles. The van der Waals surface area contributed by atoms with Crippen molar-refractivity contribution in [3.63, 3.8) is 0 Å². The molecule has 1 aromatic heterocycles. The number of thiophene rings is 1. The lowest BCUT2D eigenvalue weighted by Gasteiger charge is -2.29. The average Bonchev–Trinajstić information content (AvgIpc) is 2.68. The minimum Gasteiger partial charge on any atom is -0.307 e. The van der Waals surface area contributed by atoms with Crippen molar-refractivity contribution in [1.82, 2.24) is 10.2 Å². The van der Waals surface area contributed by atoms with Gasteiger partial charge in [0.05, 0.1) is 0 Å². The maximum absolute atomic E-state index is 3.55. The van der Waals surface area contributed by atoms with E-state index in [1.165, 1.54) is 35.6 Å². The van der Waals surface area contributed by atoms with E-state index < -0.39 is 0 Å². The molecule has 1 fully saturated rings. The van der Waals surface area contributed by atoms with Crippen molar-refractivity contribution in [2.75, 3.05) is 13.6 Å². The summed E-state index contributed by atoms with van der Waals surface area (Å²) >= 11 is 1.95. The Morgan fingerprint density at radius 2 is 1.95 bits per heavy atom. The molecule has 0 radical (unpaired) electrons. The van der Waals surface area contributed by atoms with E-state index in [1.807, 2.05) is 11.3 Å². The second kappa shape index (κ2) is 6.38. The Balaban J connectivity index is 1.76. The molecule has 1 aliphatic carbocycles. The van der Waals surface area contributed by atoms with Crippen molar-refractivity contribution in [3.05, 3.63) is 21.9 Å². The molecule has 1 heterocycles. The average molecular weight is 280 g/mol. The molecule has 3 heteroatoms. The molecule has 0 bridgehead atoms. The van der Waals surface area contributed by atoms with Crippen molar-refractivity contribution in [3.8, 4) is 0 Å². The number of nitrogens with one attached hydrogen (secondary N) is 1. The number of hydrogen-bond donors (Lipinski definition) is 1. The lowest BCUT2D eigenvalue weighted by molar-refractivity contribution is 0.201. The van der Waals surface area contributed by atoms with Gasteiger partial charge >= 0.3 is 0 Å². The fourth-order valence-electron chi connectivity index (χ4n) is 2.40. The van der Waals surface area contributed by atoms with E-state index in [2.05, 4.69) is 50.2 Å². The number of rotatable bonds is 6. The van der Waals surface area contributed by atoms with Crippen LogP contribution in [-0.2, 0) is 13.1 Å². The summed E-state index contributed by atoms with van der Waals surface area (Å²) in [6, 6.07) is 4.57. The first-order valence-corrected chi connectivity index (χ1v) is 8.25. The Hall–Kier alpha value is -0.380. The third-order valence-corrected chi connectivity index (χ3v) is 4.80. The van der Waals surface area contributed by atoms with Gasteiger partial charge in [-0.2, -0.15) is 0 Å². The van der Waals surface area contributed by atoms with Gasteiger partial charge in [0.15, 0.2) is 0 Å². The van der Waals surface area contributed by atoms with Gasteiger partial charge in [-0.25, -0.2) is 0 Å². The Kier molecular flexibility index (Phi) is 5.04. The highest BCUT2D eigenvalue weighted by Crippen LogP contribution is 2.27. The Morgan fingerprint density at radius 3 is 2.53 bits per heavy atom. The molecule has 0 amide bonds. The molecule has 2 nitrogen and oxygen atoms in total. The van der Waals surface area contributed by atoms with E-state index in [4.69, 9.17) is 0 Å².